The van der Waals surface area contributed by atoms with Gasteiger partial charge < -0.3 is 11.5 Å². The van der Waals surface area contributed by atoms with Crippen LogP contribution in [0.3, 0.4) is 0 Å². The summed E-state index contributed by atoms with van der Waals surface area (Å²) < 4.78 is 1.06. The maximum atomic E-state index is 10.1. The Labute approximate surface area is 53.4 Å². The Morgan fingerprint density at radius 3 is 2.38 bits per heavy atom. The van der Waals surface area contributed by atoms with E-state index < -0.39 is 6.03 Å². The predicted octanol–water partition coefficient (Wildman–Crippen LogP) is -0.829. The summed E-state index contributed by atoms with van der Waals surface area (Å²) in [6, 6.07) is -0.571. The minimum atomic E-state index is -0.571. The number of urea groups is 1. The fraction of sp³-hybridized carbons (Fsp3) is 0.667. The molecule has 0 aromatic rings. The quantitative estimate of drug-likeness (QED) is 0.432. The summed E-state index contributed by atoms with van der Waals surface area (Å²) in [5.41, 5.74) is 9.85. The van der Waals surface area contributed by atoms with Crippen molar-refractivity contribution in [3.8, 4) is 0 Å². The molecular formula is C3H9N3OS. The normalized spacial score (nSPS) is 8.75. The third kappa shape index (κ3) is 2.70. The Balaban J connectivity index is 3.32. The van der Waals surface area contributed by atoms with E-state index in [0.29, 0.717) is 13.1 Å². The second-order valence-electron chi connectivity index (χ2n) is 1.25. The Kier molecular flexibility index (Phi) is 3.38. The summed E-state index contributed by atoms with van der Waals surface area (Å²) in [7, 11) is 0. The smallest absolute Gasteiger partial charge is 0.324 e. The van der Waals surface area contributed by atoms with Crippen LogP contribution in [0.1, 0.15) is 0 Å². The van der Waals surface area contributed by atoms with Gasteiger partial charge in [0.1, 0.15) is 0 Å². The average molecular weight is 135 g/mol. The molecule has 0 radical (unpaired) electrons. The molecule has 0 heterocycles. The lowest BCUT2D eigenvalue weighted by molar-refractivity contribution is 0.236. The molecule has 4 N–H and O–H groups in total. The average Bonchev–Trinajstić information content (AvgIpc) is 1.67. The lowest BCUT2D eigenvalue weighted by Crippen LogP contribution is -2.31. The van der Waals surface area contributed by atoms with Crippen LogP contribution in [0, 0.1) is 0 Å². The number of thiol groups is 1. The van der Waals surface area contributed by atoms with Gasteiger partial charge in [-0.1, -0.05) is 12.8 Å². The summed E-state index contributed by atoms with van der Waals surface area (Å²) >= 11 is 3.68. The SMILES string of the molecule is NCCN(S)C(N)=O. The predicted molar refractivity (Wildman–Crippen MR) is 34.3 cm³/mol. The van der Waals surface area contributed by atoms with Crippen molar-refractivity contribution in [2.75, 3.05) is 13.1 Å². The van der Waals surface area contributed by atoms with Crippen LogP contribution in [0.4, 0.5) is 4.79 Å². The number of hydrogen-bond donors (Lipinski definition) is 3. The van der Waals surface area contributed by atoms with Gasteiger partial charge in [0.2, 0.25) is 0 Å². The number of nitrogens with two attached hydrogens (primary N) is 2. The van der Waals surface area contributed by atoms with E-state index in [1.165, 1.54) is 0 Å². The molecule has 5 heteroatoms. The van der Waals surface area contributed by atoms with Gasteiger partial charge in [0.15, 0.2) is 0 Å². The second kappa shape index (κ2) is 3.57. The fourth-order valence-electron chi connectivity index (χ4n) is 0.232. The molecule has 0 saturated carbocycles. The van der Waals surface area contributed by atoms with E-state index in [4.69, 9.17) is 11.5 Å². The van der Waals surface area contributed by atoms with Crippen molar-refractivity contribution in [3.05, 3.63) is 0 Å². The van der Waals surface area contributed by atoms with Gasteiger partial charge >= 0.3 is 6.03 Å². The number of nitrogens with zero attached hydrogens (tertiary/aromatic N) is 1. The van der Waals surface area contributed by atoms with Gasteiger partial charge in [0.25, 0.3) is 0 Å². The van der Waals surface area contributed by atoms with E-state index in [1.54, 1.807) is 0 Å². The maximum Gasteiger partial charge on any atom is 0.324 e. The maximum absolute atomic E-state index is 10.1. The molecule has 2 amide bonds. The molecule has 0 aliphatic rings. The van der Waals surface area contributed by atoms with Crippen molar-refractivity contribution in [2.45, 2.75) is 0 Å². The highest BCUT2D eigenvalue weighted by Crippen LogP contribution is 1.87. The molecule has 0 bridgehead atoms. The number of hydrogen-bond acceptors (Lipinski definition) is 3. The molecular weight excluding hydrogens is 126 g/mol. The Morgan fingerprint density at radius 1 is 1.75 bits per heavy atom. The topological polar surface area (TPSA) is 72.3 Å². The zero-order valence-electron chi connectivity index (χ0n) is 4.37. The van der Waals surface area contributed by atoms with Gasteiger partial charge in [0.05, 0.1) is 0 Å². The van der Waals surface area contributed by atoms with Gasteiger partial charge in [-0.2, -0.15) is 0 Å². The molecule has 0 spiro atoms. The molecule has 48 valence electrons. The lowest BCUT2D eigenvalue weighted by Gasteiger charge is -2.08. The highest BCUT2D eigenvalue weighted by molar-refractivity contribution is 7.78. The van der Waals surface area contributed by atoms with Crippen molar-refractivity contribution < 1.29 is 4.79 Å². The zero-order chi connectivity index (χ0) is 6.57. The molecule has 0 aromatic heterocycles. The van der Waals surface area contributed by atoms with Crippen LogP contribution in [0.25, 0.3) is 0 Å². The first-order valence-corrected chi connectivity index (χ1v) is 2.54. The highest BCUT2D eigenvalue weighted by Gasteiger charge is 1.99. The fourth-order valence-corrected chi connectivity index (χ4v) is 0.348. The summed E-state index contributed by atoms with van der Waals surface area (Å²) in [5, 5.41) is 0. The first kappa shape index (κ1) is 7.58. The molecule has 0 aliphatic carbocycles. The number of amides is 2. The monoisotopic (exact) mass is 135 g/mol. The first-order chi connectivity index (χ1) is 3.68. The van der Waals surface area contributed by atoms with Crippen LogP contribution < -0.4 is 11.5 Å². The molecule has 0 aromatic carbocycles. The second-order valence-corrected chi connectivity index (χ2v) is 1.73. The zero-order valence-corrected chi connectivity index (χ0v) is 5.27. The lowest BCUT2D eigenvalue weighted by atomic mass is 10.6. The van der Waals surface area contributed by atoms with E-state index in [-0.39, 0.29) is 0 Å². The van der Waals surface area contributed by atoms with Crippen molar-refractivity contribution in [2.24, 2.45) is 11.5 Å². The van der Waals surface area contributed by atoms with Crippen LogP contribution in [-0.4, -0.2) is 23.4 Å². The van der Waals surface area contributed by atoms with E-state index in [2.05, 4.69) is 12.8 Å². The number of primary amides is 1. The third-order valence-corrected chi connectivity index (χ3v) is 0.992. The van der Waals surface area contributed by atoms with E-state index in [0.717, 1.165) is 4.31 Å². The van der Waals surface area contributed by atoms with Crippen LogP contribution >= 0.6 is 12.8 Å². The molecule has 0 aliphatic heterocycles. The summed E-state index contributed by atoms with van der Waals surface area (Å²) in [4.78, 5) is 10.1. The van der Waals surface area contributed by atoms with Crippen LogP contribution in [0.15, 0.2) is 0 Å². The summed E-state index contributed by atoms with van der Waals surface area (Å²) in [6.07, 6.45) is 0. The first-order valence-electron chi connectivity index (χ1n) is 2.14. The van der Waals surface area contributed by atoms with Gasteiger partial charge in [-0.15, -0.1) is 0 Å². The van der Waals surface area contributed by atoms with Crippen molar-refractivity contribution in [1.82, 2.24) is 4.31 Å². The minimum Gasteiger partial charge on any atom is -0.351 e. The molecule has 0 rings (SSSR count). The van der Waals surface area contributed by atoms with Gasteiger partial charge in [0, 0.05) is 13.1 Å². The molecule has 0 unspecified atom stereocenters. The Bertz CT molecular complexity index is 86.6. The Hall–Kier alpha value is -0.420. The number of rotatable bonds is 2. The van der Waals surface area contributed by atoms with Gasteiger partial charge in [-0.05, 0) is 0 Å². The third-order valence-electron chi connectivity index (χ3n) is 0.595. The summed E-state index contributed by atoms with van der Waals surface area (Å²) in [6.45, 7) is 0.769. The van der Waals surface area contributed by atoms with Crippen molar-refractivity contribution in [1.29, 1.82) is 0 Å². The van der Waals surface area contributed by atoms with E-state index in [9.17, 15) is 4.79 Å². The van der Waals surface area contributed by atoms with Crippen LogP contribution in [0.5, 0.6) is 0 Å². The molecule has 4 nitrogen and oxygen atoms in total. The molecule has 0 atom stereocenters. The summed E-state index contributed by atoms with van der Waals surface area (Å²) in [5.74, 6) is 0. The molecule has 8 heavy (non-hydrogen) atoms. The van der Waals surface area contributed by atoms with Crippen molar-refractivity contribution in [3.63, 3.8) is 0 Å². The Morgan fingerprint density at radius 2 is 2.25 bits per heavy atom. The number of carbonyl (C=O) groups is 1. The van der Waals surface area contributed by atoms with E-state index >= 15 is 0 Å². The highest BCUT2D eigenvalue weighted by atomic mass is 32.1. The minimum absolute atomic E-state index is 0.381. The van der Waals surface area contributed by atoms with Crippen molar-refractivity contribution >= 4 is 18.8 Å². The largest absolute Gasteiger partial charge is 0.351 e. The molecule has 0 saturated heterocycles. The van der Waals surface area contributed by atoms with Gasteiger partial charge in [-0.25, -0.2) is 4.79 Å². The van der Waals surface area contributed by atoms with Gasteiger partial charge in [-0.3, -0.25) is 4.31 Å². The number of carbonyl (C=O) groups excluding carboxylic acids is 1. The molecule has 0 fully saturated rings. The van der Waals surface area contributed by atoms with Crippen LogP contribution in [-0.2, 0) is 0 Å². The van der Waals surface area contributed by atoms with Crippen LogP contribution in [0.2, 0.25) is 0 Å². The standard InChI is InChI=1S/C3H9N3OS/c4-1-2-6(8)3(5)7/h8H,1-2,4H2,(H2,5,7). The van der Waals surface area contributed by atoms with E-state index in [1.807, 2.05) is 0 Å².